The Hall–Kier alpha value is -1.18. The Morgan fingerprint density at radius 2 is 2.32 bits per heavy atom. The van der Waals surface area contributed by atoms with Gasteiger partial charge in [0.25, 0.3) is 0 Å². The molecule has 0 saturated carbocycles. The molecule has 2 heterocycles. The van der Waals surface area contributed by atoms with Gasteiger partial charge in [0.05, 0.1) is 5.56 Å². The fourth-order valence-electron chi connectivity index (χ4n) is 3.19. The van der Waals surface area contributed by atoms with Crippen LogP contribution >= 0.6 is 15.9 Å². The number of hydrogen-bond donors (Lipinski definition) is 1. The number of pyridine rings is 1. The minimum Gasteiger partial charge on any atom is -0.310 e. The number of hydrogen-bond acceptors (Lipinski definition) is 3. The maximum absolute atomic E-state index is 9.12. The third-order valence-corrected chi connectivity index (χ3v) is 4.75. The summed E-state index contributed by atoms with van der Waals surface area (Å²) in [5, 5.41) is 12.7. The summed E-state index contributed by atoms with van der Waals surface area (Å²) in [7, 11) is 0. The van der Waals surface area contributed by atoms with Crippen molar-refractivity contribution in [1.82, 2.24) is 10.3 Å². The van der Waals surface area contributed by atoms with Gasteiger partial charge in [-0.2, -0.15) is 5.26 Å². The summed E-state index contributed by atoms with van der Waals surface area (Å²) in [4.78, 5) is 4.29. The van der Waals surface area contributed by atoms with Crippen LogP contribution in [0.5, 0.6) is 0 Å². The van der Waals surface area contributed by atoms with Gasteiger partial charge in [-0.3, -0.25) is 0 Å². The van der Waals surface area contributed by atoms with E-state index in [2.05, 4.69) is 38.4 Å². The summed E-state index contributed by atoms with van der Waals surface area (Å²) in [6.45, 7) is 1.09. The first-order valence-corrected chi connectivity index (χ1v) is 7.58. The van der Waals surface area contributed by atoms with Gasteiger partial charge in [0, 0.05) is 12.2 Å². The van der Waals surface area contributed by atoms with E-state index >= 15 is 0 Å². The predicted octanol–water partition coefficient (Wildman–Crippen LogP) is 3.26. The third kappa shape index (κ3) is 2.45. The minimum atomic E-state index is 0.442. The fraction of sp³-hybridized carbons (Fsp3) is 0.467. The minimum absolute atomic E-state index is 0.442. The van der Waals surface area contributed by atoms with Gasteiger partial charge >= 0.3 is 0 Å². The Balaban J connectivity index is 1.96. The largest absolute Gasteiger partial charge is 0.310 e. The highest BCUT2D eigenvalue weighted by molar-refractivity contribution is 9.10. The predicted molar refractivity (Wildman–Crippen MR) is 78.4 cm³/mol. The lowest BCUT2D eigenvalue weighted by atomic mass is 9.77. The van der Waals surface area contributed by atoms with E-state index in [1.807, 2.05) is 12.3 Å². The molecular weight excluding hydrogens is 302 g/mol. The van der Waals surface area contributed by atoms with Gasteiger partial charge in [-0.05, 0) is 71.3 Å². The summed E-state index contributed by atoms with van der Waals surface area (Å²) in [6, 6.07) is 4.58. The highest BCUT2D eigenvalue weighted by Gasteiger charge is 2.30. The molecule has 19 heavy (non-hydrogen) atoms. The van der Waals surface area contributed by atoms with Crippen LogP contribution in [0.15, 0.2) is 22.9 Å². The molecule has 3 rings (SSSR count). The van der Waals surface area contributed by atoms with Gasteiger partial charge < -0.3 is 5.32 Å². The maximum atomic E-state index is 9.12. The number of aromatic nitrogens is 1. The van der Waals surface area contributed by atoms with Gasteiger partial charge in [-0.25, -0.2) is 4.98 Å². The second-order valence-corrected chi connectivity index (χ2v) is 6.00. The molecule has 1 saturated heterocycles. The Bertz CT molecular complexity index is 559. The van der Waals surface area contributed by atoms with E-state index in [-0.39, 0.29) is 0 Å². The van der Waals surface area contributed by atoms with E-state index in [0.717, 1.165) is 24.4 Å². The van der Waals surface area contributed by atoms with Gasteiger partial charge in [0.15, 0.2) is 0 Å². The lowest BCUT2D eigenvalue weighted by molar-refractivity contribution is 0.304. The second-order valence-electron chi connectivity index (χ2n) is 5.25. The van der Waals surface area contributed by atoms with Crippen LogP contribution in [0.1, 0.15) is 36.8 Å². The molecular formula is C15H16BrN3. The third-order valence-electron chi connectivity index (χ3n) is 4.12. The topological polar surface area (TPSA) is 48.7 Å². The summed E-state index contributed by atoms with van der Waals surface area (Å²) in [6.07, 6.45) is 9.17. The molecule has 1 aromatic heterocycles. The molecule has 1 N–H and O–H groups in total. The van der Waals surface area contributed by atoms with Crippen molar-refractivity contribution in [2.24, 2.45) is 5.92 Å². The van der Waals surface area contributed by atoms with Gasteiger partial charge in [-0.15, -0.1) is 0 Å². The van der Waals surface area contributed by atoms with E-state index in [1.165, 1.54) is 24.8 Å². The summed E-state index contributed by atoms with van der Waals surface area (Å²) >= 11 is 3.31. The first kappa shape index (κ1) is 12.8. The average Bonchev–Trinajstić information content (AvgIpc) is 2.47. The van der Waals surface area contributed by atoms with Crippen molar-refractivity contribution in [3.63, 3.8) is 0 Å². The van der Waals surface area contributed by atoms with Crippen molar-refractivity contribution in [3.8, 4) is 6.07 Å². The Labute approximate surface area is 121 Å². The lowest BCUT2D eigenvalue weighted by Gasteiger charge is -2.37. The van der Waals surface area contributed by atoms with E-state index in [1.54, 1.807) is 0 Å². The molecule has 3 nitrogen and oxygen atoms in total. The van der Waals surface area contributed by atoms with Crippen LogP contribution in [0.4, 0.5) is 0 Å². The van der Waals surface area contributed by atoms with Crippen molar-refractivity contribution in [3.05, 3.63) is 34.1 Å². The highest BCUT2D eigenvalue weighted by Crippen LogP contribution is 2.36. The number of nitriles is 1. The monoisotopic (exact) mass is 317 g/mol. The quantitative estimate of drug-likeness (QED) is 0.809. The van der Waals surface area contributed by atoms with E-state index in [0.29, 0.717) is 16.2 Å². The van der Waals surface area contributed by atoms with Crippen molar-refractivity contribution < 1.29 is 0 Å². The molecule has 4 heteroatoms. The molecule has 2 aliphatic rings. The Kier molecular flexibility index (Phi) is 3.67. The first-order valence-electron chi connectivity index (χ1n) is 6.79. The summed E-state index contributed by atoms with van der Waals surface area (Å²) < 4.78 is 0.628. The first-order chi connectivity index (χ1) is 9.29. The zero-order valence-electron chi connectivity index (χ0n) is 10.7. The van der Waals surface area contributed by atoms with Crippen molar-refractivity contribution in [1.29, 1.82) is 5.26 Å². The van der Waals surface area contributed by atoms with Crippen LogP contribution in [0, 0.1) is 17.2 Å². The molecule has 98 valence electrons. The molecule has 1 aliphatic heterocycles. The number of allylic oxidation sites excluding steroid dienone is 1. The fourth-order valence-corrected chi connectivity index (χ4v) is 3.50. The summed E-state index contributed by atoms with van der Waals surface area (Å²) in [5.41, 5.74) is 3.02. The normalized spacial score (nSPS) is 26.2. The van der Waals surface area contributed by atoms with Crippen LogP contribution in [-0.4, -0.2) is 17.6 Å². The Morgan fingerprint density at radius 3 is 3.16 bits per heavy atom. The molecule has 1 fully saturated rings. The zero-order chi connectivity index (χ0) is 13.2. The number of piperidine rings is 1. The van der Waals surface area contributed by atoms with Crippen LogP contribution in [0.25, 0.3) is 5.57 Å². The SMILES string of the molecule is N#Cc1cc(C2=CCC[C@H]3CCCN[C@@H]23)cnc1Br. The molecule has 0 spiro atoms. The van der Waals surface area contributed by atoms with Crippen LogP contribution in [-0.2, 0) is 0 Å². The maximum Gasteiger partial charge on any atom is 0.123 e. The molecule has 0 bridgehead atoms. The molecule has 0 unspecified atom stereocenters. The average molecular weight is 318 g/mol. The van der Waals surface area contributed by atoms with Gasteiger partial charge in [0.1, 0.15) is 10.7 Å². The molecule has 0 amide bonds. The smallest absolute Gasteiger partial charge is 0.123 e. The van der Waals surface area contributed by atoms with Gasteiger partial charge in [0.2, 0.25) is 0 Å². The number of halogens is 1. The van der Waals surface area contributed by atoms with E-state index in [4.69, 9.17) is 5.26 Å². The highest BCUT2D eigenvalue weighted by atomic mass is 79.9. The molecule has 0 radical (unpaired) electrons. The van der Waals surface area contributed by atoms with Crippen LogP contribution in [0.3, 0.4) is 0 Å². The van der Waals surface area contributed by atoms with Crippen molar-refractivity contribution in [2.45, 2.75) is 31.7 Å². The lowest BCUT2D eigenvalue weighted by Crippen LogP contribution is -2.43. The van der Waals surface area contributed by atoms with Gasteiger partial charge in [-0.1, -0.05) is 6.08 Å². The van der Waals surface area contributed by atoms with E-state index in [9.17, 15) is 0 Å². The zero-order valence-corrected chi connectivity index (χ0v) is 12.3. The number of rotatable bonds is 1. The molecule has 2 atom stereocenters. The molecule has 0 aromatic carbocycles. The number of fused-ring (bicyclic) bond motifs is 1. The molecule has 1 aromatic rings. The number of nitrogens with zero attached hydrogens (tertiary/aromatic N) is 2. The Morgan fingerprint density at radius 1 is 1.42 bits per heavy atom. The number of nitrogens with one attached hydrogen (secondary N) is 1. The van der Waals surface area contributed by atoms with Crippen LogP contribution < -0.4 is 5.32 Å². The summed E-state index contributed by atoms with van der Waals surface area (Å²) in [5.74, 6) is 0.739. The molecule has 1 aliphatic carbocycles. The standard InChI is InChI=1S/C15H16BrN3/c16-15-11(8-17)7-12(9-19-15)13-5-1-3-10-4-2-6-18-14(10)13/h5,7,9-10,14,18H,1-4,6H2/t10-,14+/m0/s1. The van der Waals surface area contributed by atoms with E-state index < -0.39 is 0 Å². The van der Waals surface area contributed by atoms with Crippen molar-refractivity contribution >= 4 is 21.5 Å². The second kappa shape index (κ2) is 5.44. The van der Waals surface area contributed by atoms with Crippen molar-refractivity contribution in [2.75, 3.05) is 6.54 Å². The van der Waals surface area contributed by atoms with Crippen LogP contribution in [0.2, 0.25) is 0 Å².